The van der Waals surface area contributed by atoms with Gasteiger partial charge in [0.25, 0.3) is 0 Å². The van der Waals surface area contributed by atoms with E-state index in [9.17, 15) is 4.79 Å². The van der Waals surface area contributed by atoms with E-state index in [1.807, 2.05) is 11.0 Å². The molecule has 2 N–H and O–H groups in total. The molecule has 17 heavy (non-hydrogen) atoms. The summed E-state index contributed by atoms with van der Waals surface area (Å²) < 4.78 is 1.10. The number of nitrogens with one attached hydrogen (secondary N) is 2. The smallest absolute Gasteiger partial charge is 0.317 e. The lowest BCUT2D eigenvalue weighted by molar-refractivity contribution is 0.219. The SMILES string of the molecule is Cc1ccc(NCCN2CCNC2=O)cc1Br. The van der Waals surface area contributed by atoms with Crippen molar-refractivity contribution in [3.8, 4) is 0 Å². The van der Waals surface area contributed by atoms with E-state index in [1.54, 1.807) is 0 Å². The van der Waals surface area contributed by atoms with Crippen molar-refractivity contribution >= 4 is 27.6 Å². The van der Waals surface area contributed by atoms with Gasteiger partial charge >= 0.3 is 6.03 Å². The first-order valence-electron chi connectivity index (χ1n) is 5.69. The molecule has 0 saturated carbocycles. The predicted octanol–water partition coefficient (Wildman–Crippen LogP) is 2.19. The topological polar surface area (TPSA) is 44.4 Å². The number of carbonyl (C=O) groups excluding carboxylic acids is 1. The minimum Gasteiger partial charge on any atom is -0.383 e. The summed E-state index contributed by atoms with van der Waals surface area (Å²) in [5.74, 6) is 0. The molecule has 1 fully saturated rings. The third-order valence-electron chi connectivity index (χ3n) is 2.83. The summed E-state index contributed by atoms with van der Waals surface area (Å²) in [7, 11) is 0. The standard InChI is InChI=1S/C12H16BrN3O/c1-9-2-3-10(8-11(9)13)14-4-6-16-7-5-15-12(16)17/h2-3,8,14H,4-7H2,1H3,(H,15,17). The van der Waals surface area contributed by atoms with Crippen molar-refractivity contribution in [1.29, 1.82) is 0 Å². The lowest BCUT2D eigenvalue weighted by Crippen LogP contribution is -2.32. The molecule has 92 valence electrons. The van der Waals surface area contributed by atoms with Crippen molar-refractivity contribution in [3.63, 3.8) is 0 Å². The first-order valence-corrected chi connectivity index (χ1v) is 6.49. The Hall–Kier alpha value is -1.23. The van der Waals surface area contributed by atoms with Gasteiger partial charge in [-0.2, -0.15) is 0 Å². The summed E-state index contributed by atoms with van der Waals surface area (Å²) in [4.78, 5) is 13.1. The Morgan fingerprint density at radius 1 is 1.53 bits per heavy atom. The number of aryl methyl sites for hydroxylation is 1. The largest absolute Gasteiger partial charge is 0.383 e. The molecule has 5 heteroatoms. The van der Waals surface area contributed by atoms with E-state index in [4.69, 9.17) is 0 Å². The summed E-state index contributed by atoms with van der Waals surface area (Å²) in [6, 6.07) is 6.20. The van der Waals surface area contributed by atoms with Crippen molar-refractivity contribution in [2.24, 2.45) is 0 Å². The number of urea groups is 1. The molecule has 0 atom stereocenters. The van der Waals surface area contributed by atoms with Crippen LogP contribution in [0.15, 0.2) is 22.7 Å². The molecule has 1 aromatic carbocycles. The molecule has 1 heterocycles. The maximum atomic E-state index is 11.3. The minimum absolute atomic E-state index is 0.0388. The predicted molar refractivity (Wildman–Crippen MR) is 72.3 cm³/mol. The molecule has 1 saturated heterocycles. The van der Waals surface area contributed by atoms with Gasteiger partial charge in [0.2, 0.25) is 0 Å². The molecular weight excluding hydrogens is 282 g/mol. The molecule has 4 nitrogen and oxygen atoms in total. The van der Waals surface area contributed by atoms with Crippen LogP contribution in [0.3, 0.4) is 0 Å². The van der Waals surface area contributed by atoms with Gasteiger partial charge < -0.3 is 15.5 Å². The Labute approximate surface area is 110 Å². The quantitative estimate of drug-likeness (QED) is 0.895. The van der Waals surface area contributed by atoms with Crippen LogP contribution < -0.4 is 10.6 Å². The molecule has 1 aliphatic rings. The molecule has 2 amide bonds. The van der Waals surface area contributed by atoms with Crippen LogP contribution >= 0.6 is 15.9 Å². The van der Waals surface area contributed by atoms with E-state index in [0.717, 1.165) is 36.3 Å². The zero-order valence-electron chi connectivity index (χ0n) is 9.79. The minimum atomic E-state index is 0.0388. The molecule has 1 aliphatic heterocycles. The van der Waals surface area contributed by atoms with Gasteiger partial charge in [0.05, 0.1) is 0 Å². The Morgan fingerprint density at radius 2 is 2.35 bits per heavy atom. The normalized spacial score (nSPS) is 14.9. The van der Waals surface area contributed by atoms with Gasteiger partial charge in [0.1, 0.15) is 0 Å². The van der Waals surface area contributed by atoms with Gasteiger partial charge in [-0.3, -0.25) is 0 Å². The number of benzene rings is 1. The van der Waals surface area contributed by atoms with Crippen LogP contribution in [0.5, 0.6) is 0 Å². The average Bonchev–Trinajstić information content (AvgIpc) is 2.70. The first kappa shape index (κ1) is 12.2. The van der Waals surface area contributed by atoms with Crippen LogP contribution in [-0.4, -0.2) is 37.1 Å². The highest BCUT2D eigenvalue weighted by Gasteiger charge is 2.18. The van der Waals surface area contributed by atoms with Crippen molar-refractivity contribution in [2.45, 2.75) is 6.92 Å². The summed E-state index contributed by atoms with van der Waals surface area (Å²) in [5, 5.41) is 6.10. The number of hydrogen-bond acceptors (Lipinski definition) is 2. The number of nitrogens with zero attached hydrogens (tertiary/aromatic N) is 1. The fraction of sp³-hybridized carbons (Fsp3) is 0.417. The Kier molecular flexibility index (Phi) is 3.89. The maximum absolute atomic E-state index is 11.3. The van der Waals surface area contributed by atoms with Gasteiger partial charge in [0.15, 0.2) is 0 Å². The molecule has 1 aromatic rings. The number of anilines is 1. The number of rotatable bonds is 4. The second-order valence-electron chi connectivity index (χ2n) is 4.11. The molecule has 2 rings (SSSR count). The fourth-order valence-corrected chi connectivity index (χ4v) is 2.14. The lowest BCUT2D eigenvalue weighted by Gasteiger charge is -2.15. The van der Waals surface area contributed by atoms with Gasteiger partial charge in [-0.15, -0.1) is 0 Å². The van der Waals surface area contributed by atoms with Crippen LogP contribution in [-0.2, 0) is 0 Å². The van der Waals surface area contributed by atoms with Crippen molar-refractivity contribution < 1.29 is 4.79 Å². The molecule has 0 aliphatic carbocycles. The third kappa shape index (κ3) is 3.12. The fourth-order valence-electron chi connectivity index (χ4n) is 1.76. The van der Waals surface area contributed by atoms with Gasteiger partial charge in [-0.1, -0.05) is 22.0 Å². The maximum Gasteiger partial charge on any atom is 0.317 e. The average molecular weight is 298 g/mol. The summed E-state index contributed by atoms with van der Waals surface area (Å²) >= 11 is 3.50. The van der Waals surface area contributed by atoms with Crippen LogP contribution in [0.25, 0.3) is 0 Å². The highest BCUT2D eigenvalue weighted by Crippen LogP contribution is 2.20. The molecule has 0 unspecified atom stereocenters. The Balaban J connectivity index is 1.81. The van der Waals surface area contributed by atoms with Crippen LogP contribution in [0, 0.1) is 6.92 Å². The van der Waals surface area contributed by atoms with E-state index >= 15 is 0 Å². The van der Waals surface area contributed by atoms with Gasteiger partial charge in [-0.25, -0.2) is 4.79 Å². The number of amides is 2. The lowest BCUT2D eigenvalue weighted by atomic mass is 10.2. The first-order chi connectivity index (χ1) is 8.16. The summed E-state index contributed by atoms with van der Waals surface area (Å²) in [6.45, 7) is 5.12. The monoisotopic (exact) mass is 297 g/mol. The second-order valence-corrected chi connectivity index (χ2v) is 4.96. The third-order valence-corrected chi connectivity index (χ3v) is 3.68. The molecule has 0 bridgehead atoms. The Morgan fingerprint density at radius 3 is 3.00 bits per heavy atom. The molecule has 0 aromatic heterocycles. The molecule has 0 radical (unpaired) electrons. The number of hydrogen-bond donors (Lipinski definition) is 2. The van der Waals surface area contributed by atoms with Crippen LogP contribution in [0.2, 0.25) is 0 Å². The zero-order valence-corrected chi connectivity index (χ0v) is 11.4. The highest BCUT2D eigenvalue weighted by atomic mass is 79.9. The summed E-state index contributed by atoms with van der Waals surface area (Å²) in [5.41, 5.74) is 2.29. The zero-order chi connectivity index (χ0) is 12.3. The highest BCUT2D eigenvalue weighted by molar-refractivity contribution is 9.10. The van der Waals surface area contributed by atoms with Gasteiger partial charge in [0, 0.05) is 36.3 Å². The van der Waals surface area contributed by atoms with Crippen molar-refractivity contribution in [1.82, 2.24) is 10.2 Å². The number of carbonyl (C=O) groups is 1. The van der Waals surface area contributed by atoms with Crippen molar-refractivity contribution in [3.05, 3.63) is 28.2 Å². The van der Waals surface area contributed by atoms with E-state index in [-0.39, 0.29) is 6.03 Å². The van der Waals surface area contributed by atoms with E-state index in [1.165, 1.54) is 5.56 Å². The van der Waals surface area contributed by atoms with E-state index in [0.29, 0.717) is 0 Å². The van der Waals surface area contributed by atoms with Crippen molar-refractivity contribution in [2.75, 3.05) is 31.5 Å². The Bertz CT molecular complexity index is 422. The number of halogens is 1. The van der Waals surface area contributed by atoms with E-state index in [2.05, 4.69) is 45.6 Å². The molecular formula is C12H16BrN3O. The van der Waals surface area contributed by atoms with Crippen LogP contribution in [0.1, 0.15) is 5.56 Å². The van der Waals surface area contributed by atoms with Gasteiger partial charge in [-0.05, 0) is 24.6 Å². The summed E-state index contributed by atoms with van der Waals surface area (Å²) in [6.07, 6.45) is 0. The second kappa shape index (κ2) is 5.40. The molecule has 0 spiro atoms. The van der Waals surface area contributed by atoms with E-state index < -0.39 is 0 Å². The van der Waals surface area contributed by atoms with Crippen LogP contribution in [0.4, 0.5) is 10.5 Å².